The Balaban J connectivity index is 0.000000233. The molecule has 0 atom stereocenters. The number of para-hydroxylation sites is 3. The molecule has 0 saturated heterocycles. The summed E-state index contributed by atoms with van der Waals surface area (Å²) in [7, 11) is 0. The van der Waals surface area contributed by atoms with Crippen LogP contribution in [-0.2, 0) is 20.1 Å². The normalized spacial score (nSPS) is 11.9. The van der Waals surface area contributed by atoms with E-state index in [4.69, 9.17) is 17.9 Å². The molecule has 10 rings (SSSR count). The first-order valence-electron chi connectivity index (χ1n) is 19.0. The van der Waals surface area contributed by atoms with Gasteiger partial charge in [-0.05, 0) is 53.0 Å². The number of fused-ring (bicyclic) bond motifs is 2. The zero-order valence-electron chi connectivity index (χ0n) is 32.3. The Kier molecular flexibility index (Phi) is 9.16. The minimum Gasteiger partial charge on any atom is -0.557 e. The van der Waals surface area contributed by atoms with Gasteiger partial charge in [0.1, 0.15) is 0 Å². The molecule has 1 radical (unpaired) electrons. The van der Waals surface area contributed by atoms with Crippen LogP contribution in [0, 0.1) is 19.2 Å². The van der Waals surface area contributed by atoms with Gasteiger partial charge in [-0.1, -0.05) is 132 Å². The van der Waals surface area contributed by atoms with E-state index in [2.05, 4.69) is 113 Å². The van der Waals surface area contributed by atoms with Crippen LogP contribution in [0.1, 0.15) is 9.68 Å². The number of aromatic nitrogens is 3. The molecule has 0 fully saturated rings. The van der Waals surface area contributed by atoms with E-state index in [1.807, 2.05) is 54.6 Å². The molecule has 0 spiro atoms. The molecule has 0 aliphatic carbocycles. The minimum absolute atomic E-state index is 0. The number of aryl methyl sites for hydroxylation is 1. The van der Waals surface area contributed by atoms with Crippen molar-refractivity contribution < 1.29 is 33.1 Å². The van der Waals surface area contributed by atoms with E-state index in [0.29, 0.717) is 0 Å². The van der Waals surface area contributed by atoms with Crippen molar-refractivity contribution in [3.05, 3.63) is 200 Å². The molecule has 4 heterocycles. The number of nitrogens with zero attached hydrogens (tertiary/aromatic N) is 3. The topological polar surface area (TPSA) is 57.0 Å². The predicted octanol–water partition coefficient (Wildman–Crippen LogP) is 12.7. The molecule has 0 bridgehead atoms. The van der Waals surface area contributed by atoms with Gasteiger partial charge in [0.05, 0.1) is 35.1 Å². The summed E-state index contributed by atoms with van der Waals surface area (Å²) >= 11 is 0. The number of pyridine rings is 1. The average molecular weight is 891 g/mol. The van der Waals surface area contributed by atoms with Gasteiger partial charge in [0.15, 0.2) is 0 Å². The summed E-state index contributed by atoms with van der Waals surface area (Å²) < 4.78 is 35.3. The van der Waals surface area contributed by atoms with Gasteiger partial charge in [-0.15, -0.1) is 35.9 Å². The Morgan fingerprint density at radius 3 is 2.09 bits per heavy atom. The van der Waals surface area contributed by atoms with Gasteiger partial charge >= 0.3 is 0 Å². The zero-order valence-corrected chi connectivity index (χ0v) is 31.7. The second-order valence-electron chi connectivity index (χ2n) is 12.7. The fraction of sp³-hybridized carbons (Fsp3) is 0.0204. The van der Waals surface area contributed by atoms with Gasteiger partial charge in [-0.25, -0.2) is 0 Å². The van der Waals surface area contributed by atoms with Gasteiger partial charge in [-0.3, -0.25) is 4.98 Å². The SMILES string of the molecule is [2H]C([2H])([2H])c1ccc(-c2[c-]cccc2)nc1.[Ir].[c-]1oc2ccc(-c3ccoc3)cc2c1-c1nc2ccccc2n1-c1c(-c2ccccc2)cccc1-c1ccccc1. The van der Waals surface area contributed by atoms with Crippen LogP contribution >= 0.6 is 0 Å². The number of hydrogen-bond acceptors (Lipinski definition) is 4. The van der Waals surface area contributed by atoms with Crippen LogP contribution in [0.3, 0.4) is 0 Å². The van der Waals surface area contributed by atoms with Gasteiger partial charge in [0, 0.05) is 59.0 Å². The van der Waals surface area contributed by atoms with E-state index in [1.165, 1.54) is 6.20 Å². The fourth-order valence-corrected chi connectivity index (χ4v) is 6.76. The Morgan fingerprint density at radius 1 is 0.673 bits per heavy atom. The molecular formula is C49H33IrN3O2-2. The second-order valence-corrected chi connectivity index (χ2v) is 12.7. The number of rotatable bonds is 6. The smallest absolute Gasteiger partial charge is 0.0980 e. The molecule has 0 saturated carbocycles. The number of benzene rings is 6. The van der Waals surface area contributed by atoms with Crippen LogP contribution in [0.2, 0.25) is 0 Å². The monoisotopic (exact) mass is 891 g/mol. The third-order valence-electron chi connectivity index (χ3n) is 9.33. The summed E-state index contributed by atoms with van der Waals surface area (Å²) in [5, 5.41) is 0.943. The van der Waals surface area contributed by atoms with Gasteiger partial charge in [0.25, 0.3) is 0 Å². The first-order chi connectivity index (χ1) is 27.9. The largest absolute Gasteiger partial charge is 0.557 e. The van der Waals surface area contributed by atoms with Crippen molar-refractivity contribution in [3.63, 3.8) is 0 Å². The molecule has 5 nitrogen and oxygen atoms in total. The number of imidazole rings is 1. The maximum atomic E-state index is 7.23. The first-order valence-corrected chi connectivity index (χ1v) is 17.5. The van der Waals surface area contributed by atoms with E-state index in [9.17, 15) is 0 Å². The summed E-state index contributed by atoms with van der Waals surface area (Å²) in [5.74, 6) is 0.773. The Labute approximate surface area is 337 Å². The third-order valence-corrected chi connectivity index (χ3v) is 9.33. The second kappa shape index (κ2) is 15.8. The van der Waals surface area contributed by atoms with Crippen LogP contribution < -0.4 is 0 Å². The van der Waals surface area contributed by atoms with Crippen molar-refractivity contribution in [2.45, 2.75) is 6.85 Å². The van der Waals surface area contributed by atoms with Crippen molar-refractivity contribution in [1.82, 2.24) is 14.5 Å². The average Bonchev–Trinajstić information content (AvgIpc) is 4.04. The Morgan fingerprint density at radius 2 is 1.42 bits per heavy atom. The van der Waals surface area contributed by atoms with Crippen molar-refractivity contribution in [1.29, 1.82) is 0 Å². The molecule has 267 valence electrons. The zero-order chi connectivity index (χ0) is 38.8. The van der Waals surface area contributed by atoms with Crippen LogP contribution in [0.25, 0.3) is 83.7 Å². The number of hydrogen-bond donors (Lipinski definition) is 0. The molecule has 0 amide bonds. The van der Waals surface area contributed by atoms with Crippen molar-refractivity contribution in [2.24, 2.45) is 0 Å². The van der Waals surface area contributed by atoms with Gasteiger partial charge in [0.2, 0.25) is 0 Å². The Hall–Kier alpha value is -6.59. The summed E-state index contributed by atoms with van der Waals surface area (Å²) in [6.07, 6.45) is 8.04. The fourth-order valence-electron chi connectivity index (χ4n) is 6.76. The standard InChI is InChI=1S/C37H23N2O2.C12H10N.Ir/c1-3-10-25(11-4-1)29-14-9-15-30(26-12-5-2-6-13-26)36(29)39-34-17-8-7-16-33(34)38-37(39)32-24-41-35-19-18-27(22-31(32)35)28-20-21-40-23-28;1-10-7-8-12(13-9-10)11-5-3-2-4-6-11;/h1-23H;2-5,7-9H,1H3;/q2*-1;/i;1D3;. The van der Waals surface area contributed by atoms with E-state index >= 15 is 0 Å². The minimum atomic E-state index is -2.09. The molecule has 10 aromatic rings. The van der Waals surface area contributed by atoms with E-state index in [1.54, 1.807) is 30.7 Å². The van der Waals surface area contributed by atoms with Crippen LogP contribution in [0.15, 0.2) is 191 Å². The van der Waals surface area contributed by atoms with Crippen LogP contribution in [0.5, 0.6) is 0 Å². The predicted molar refractivity (Wildman–Crippen MR) is 217 cm³/mol. The maximum absolute atomic E-state index is 7.23. The van der Waals surface area contributed by atoms with Crippen molar-refractivity contribution in [3.8, 4) is 61.7 Å². The number of furan rings is 2. The van der Waals surface area contributed by atoms with E-state index < -0.39 is 6.85 Å². The first kappa shape index (κ1) is 31.9. The summed E-state index contributed by atoms with van der Waals surface area (Å²) in [6, 6.07) is 57.7. The molecule has 6 aromatic carbocycles. The third kappa shape index (κ3) is 7.09. The molecule has 0 N–H and O–H groups in total. The van der Waals surface area contributed by atoms with E-state index in [-0.39, 0.29) is 25.7 Å². The van der Waals surface area contributed by atoms with Crippen molar-refractivity contribution >= 4 is 22.0 Å². The molecule has 6 heteroatoms. The van der Waals surface area contributed by atoms with E-state index in [0.717, 1.165) is 83.7 Å². The maximum Gasteiger partial charge on any atom is 0.0980 e. The summed E-state index contributed by atoms with van der Waals surface area (Å²) in [6.45, 7) is -2.09. The molecule has 0 aliphatic rings. The Bertz CT molecular complexity index is 2870. The van der Waals surface area contributed by atoms with Gasteiger partial charge < -0.3 is 18.4 Å². The van der Waals surface area contributed by atoms with Crippen LogP contribution in [0.4, 0.5) is 0 Å². The molecule has 4 aromatic heterocycles. The van der Waals surface area contributed by atoms with Crippen LogP contribution in [-0.4, -0.2) is 14.5 Å². The quantitative estimate of drug-likeness (QED) is 0.156. The summed E-state index contributed by atoms with van der Waals surface area (Å²) in [4.78, 5) is 9.32. The molecule has 0 aliphatic heterocycles. The summed E-state index contributed by atoms with van der Waals surface area (Å²) in [5.41, 5.74) is 12.9. The molecule has 0 unspecified atom stereocenters. The molecule has 55 heavy (non-hydrogen) atoms. The van der Waals surface area contributed by atoms with Gasteiger partial charge in [-0.2, -0.15) is 0 Å². The molecular weight excluding hydrogens is 855 g/mol. The van der Waals surface area contributed by atoms with Crippen molar-refractivity contribution in [2.75, 3.05) is 0 Å².